The van der Waals surface area contributed by atoms with E-state index in [2.05, 4.69) is 16.0 Å². The Hall–Kier alpha value is -4.06. The van der Waals surface area contributed by atoms with Crippen LogP contribution in [0.4, 0.5) is 0 Å². The second-order valence-electron chi connectivity index (χ2n) is 7.83. The highest BCUT2D eigenvalue weighted by Gasteiger charge is 2.43. The number of amides is 3. The third kappa shape index (κ3) is 3.61. The normalized spacial score (nSPS) is 14.4. The number of hydrogen-bond donors (Lipinski definition) is 2. The van der Waals surface area contributed by atoms with Gasteiger partial charge in [-0.15, -0.1) is 0 Å². The minimum absolute atomic E-state index is 0.0215. The van der Waals surface area contributed by atoms with Gasteiger partial charge in [-0.05, 0) is 45.0 Å². The molecule has 1 aliphatic heterocycles. The fourth-order valence-corrected chi connectivity index (χ4v) is 5.55. The van der Waals surface area contributed by atoms with Gasteiger partial charge in [-0.1, -0.05) is 18.2 Å². The molecule has 11 nitrogen and oxygen atoms in total. The first-order valence-corrected chi connectivity index (χ1v) is 11.8. The summed E-state index contributed by atoms with van der Waals surface area (Å²) >= 11 is 0. The zero-order valence-corrected chi connectivity index (χ0v) is 19.3. The van der Waals surface area contributed by atoms with E-state index >= 15 is 0 Å². The van der Waals surface area contributed by atoms with Crippen LogP contribution < -0.4 is 16.4 Å². The molecule has 0 saturated carbocycles. The number of carbonyl (C=O) groups is 3. The van der Waals surface area contributed by atoms with Crippen LogP contribution in [-0.2, 0) is 16.6 Å². The summed E-state index contributed by atoms with van der Waals surface area (Å²) in [6, 6.07) is 9.54. The topological polar surface area (TPSA) is 148 Å². The van der Waals surface area contributed by atoms with Crippen molar-refractivity contribution in [3.8, 4) is 0 Å². The molecule has 1 aromatic heterocycles. The highest BCUT2D eigenvalue weighted by Crippen LogP contribution is 2.32. The number of nitrogens with one attached hydrogen (secondary N) is 2. The van der Waals surface area contributed by atoms with E-state index in [1.165, 1.54) is 12.1 Å². The number of hydrazine groups is 1. The molecule has 34 heavy (non-hydrogen) atoms. The molecule has 0 aliphatic carbocycles. The zero-order valence-electron chi connectivity index (χ0n) is 18.5. The summed E-state index contributed by atoms with van der Waals surface area (Å²) in [5.41, 5.74) is 3.96. The van der Waals surface area contributed by atoms with Gasteiger partial charge in [-0.25, -0.2) is 17.4 Å². The summed E-state index contributed by atoms with van der Waals surface area (Å²) < 4.78 is 27.4. The summed E-state index contributed by atoms with van der Waals surface area (Å²) in [5.74, 6) is -2.22. The van der Waals surface area contributed by atoms with E-state index in [4.69, 9.17) is 0 Å². The van der Waals surface area contributed by atoms with Gasteiger partial charge in [0.25, 0.3) is 33.3 Å². The van der Waals surface area contributed by atoms with Crippen molar-refractivity contribution in [1.82, 2.24) is 24.9 Å². The molecule has 12 heteroatoms. The van der Waals surface area contributed by atoms with E-state index in [0.29, 0.717) is 10.8 Å². The van der Waals surface area contributed by atoms with E-state index in [-0.39, 0.29) is 33.8 Å². The summed E-state index contributed by atoms with van der Waals surface area (Å²) in [7, 11) is -4.09. The standard InChI is InChI=1S/C22H21N5O6S/c1-4-26-21(30)15-8-6-5-7-14(15)18(25-26)20(29)24-23-19(28)13-9-10-16-17(11-13)34(32,33)27(12(2)3)22(16)31/h5-12H,4H2,1-3H3,(H,23,28)(H,24,29). The highest BCUT2D eigenvalue weighted by molar-refractivity contribution is 7.90. The Labute approximate surface area is 194 Å². The largest absolute Gasteiger partial charge is 0.290 e. The van der Waals surface area contributed by atoms with Crippen LogP contribution in [0, 0.1) is 0 Å². The van der Waals surface area contributed by atoms with Crippen molar-refractivity contribution in [2.75, 3.05) is 0 Å². The van der Waals surface area contributed by atoms with Crippen molar-refractivity contribution in [3.63, 3.8) is 0 Å². The van der Waals surface area contributed by atoms with Crippen molar-refractivity contribution < 1.29 is 22.8 Å². The Balaban J connectivity index is 1.59. The fraction of sp³-hybridized carbons (Fsp3) is 0.227. The molecule has 0 atom stereocenters. The number of rotatable bonds is 4. The van der Waals surface area contributed by atoms with Crippen LogP contribution in [0.3, 0.4) is 0 Å². The summed E-state index contributed by atoms with van der Waals surface area (Å²) in [6.45, 7) is 5.10. The molecule has 4 rings (SSSR count). The second kappa shape index (κ2) is 8.37. The Morgan fingerprint density at radius 1 is 1.00 bits per heavy atom. The van der Waals surface area contributed by atoms with Gasteiger partial charge in [0.2, 0.25) is 0 Å². The van der Waals surface area contributed by atoms with E-state index < -0.39 is 33.8 Å². The number of fused-ring (bicyclic) bond motifs is 2. The fourth-order valence-electron chi connectivity index (χ4n) is 3.76. The van der Waals surface area contributed by atoms with Crippen LogP contribution in [0.1, 0.15) is 52.0 Å². The summed E-state index contributed by atoms with van der Waals surface area (Å²) in [5, 5.41) is 4.71. The average molecular weight is 484 g/mol. The van der Waals surface area contributed by atoms with Gasteiger partial charge >= 0.3 is 0 Å². The molecule has 176 valence electrons. The quantitative estimate of drug-likeness (QED) is 0.527. The number of sulfonamides is 1. The second-order valence-corrected chi connectivity index (χ2v) is 9.62. The van der Waals surface area contributed by atoms with Crippen LogP contribution in [0.2, 0.25) is 0 Å². The van der Waals surface area contributed by atoms with Crippen LogP contribution in [0.15, 0.2) is 52.2 Å². The minimum Gasteiger partial charge on any atom is -0.268 e. The van der Waals surface area contributed by atoms with Gasteiger partial charge in [-0.3, -0.25) is 30.0 Å². The van der Waals surface area contributed by atoms with Crippen molar-refractivity contribution in [3.05, 3.63) is 69.6 Å². The SMILES string of the molecule is CCn1nc(C(=O)NNC(=O)c2ccc3c(c2)S(=O)(=O)N(C(C)C)C3=O)c2ccccc2c1=O. The van der Waals surface area contributed by atoms with Gasteiger partial charge in [0.15, 0.2) is 5.69 Å². The lowest BCUT2D eigenvalue weighted by molar-refractivity contribution is 0.0842. The number of aromatic nitrogens is 2. The molecular weight excluding hydrogens is 462 g/mol. The van der Waals surface area contributed by atoms with Crippen LogP contribution in [0.5, 0.6) is 0 Å². The lowest BCUT2D eigenvalue weighted by Gasteiger charge is -2.18. The number of hydrogen-bond acceptors (Lipinski definition) is 7. The molecule has 0 fully saturated rings. The Morgan fingerprint density at radius 3 is 2.29 bits per heavy atom. The Bertz CT molecular complexity index is 1530. The van der Waals surface area contributed by atoms with Gasteiger partial charge in [0.05, 0.1) is 10.9 Å². The van der Waals surface area contributed by atoms with Gasteiger partial charge in [0.1, 0.15) is 4.90 Å². The number of nitrogens with zero attached hydrogens (tertiary/aromatic N) is 3. The number of benzene rings is 2. The van der Waals surface area contributed by atoms with E-state index in [9.17, 15) is 27.6 Å². The van der Waals surface area contributed by atoms with Crippen LogP contribution >= 0.6 is 0 Å². The lowest BCUT2D eigenvalue weighted by atomic mass is 10.1. The van der Waals surface area contributed by atoms with Gasteiger partial charge < -0.3 is 0 Å². The molecule has 2 N–H and O–H groups in total. The molecule has 3 aromatic rings. The summed E-state index contributed by atoms with van der Waals surface area (Å²) in [6.07, 6.45) is 0. The Kier molecular flexibility index (Phi) is 5.69. The van der Waals surface area contributed by atoms with E-state index in [1.807, 2.05) is 0 Å². The van der Waals surface area contributed by atoms with Crippen molar-refractivity contribution >= 4 is 38.5 Å². The average Bonchev–Trinajstić information content (AvgIpc) is 3.02. The molecule has 0 bridgehead atoms. The van der Waals surface area contributed by atoms with Crippen molar-refractivity contribution in [1.29, 1.82) is 0 Å². The van der Waals surface area contributed by atoms with Crippen molar-refractivity contribution in [2.45, 2.75) is 38.3 Å². The maximum Gasteiger partial charge on any atom is 0.290 e. The van der Waals surface area contributed by atoms with E-state index in [1.54, 1.807) is 45.0 Å². The highest BCUT2D eigenvalue weighted by atomic mass is 32.2. The molecule has 2 aromatic carbocycles. The smallest absolute Gasteiger partial charge is 0.268 e. The molecule has 0 unspecified atom stereocenters. The molecule has 0 radical (unpaired) electrons. The van der Waals surface area contributed by atoms with E-state index in [0.717, 1.165) is 15.1 Å². The number of carbonyl (C=O) groups excluding carboxylic acids is 3. The third-order valence-electron chi connectivity index (χ3n) is 5.35. The van der Waals surface area contributed by atoms with Gasteiger partial charge in [0, 0.05) is 23.5 Å². The van der Waals surface area contributed by atoms with Gasteiger partial charge in [-0.2, -0.15) is 5.10 Å². The first-order chi connectivity index (χ1) is 16.1. The summed E-state index contributed by atoms with van der Waals surface area (Å²) in [4.78, 5) is 50.0. The molecule has 1 aliphatic rings. The molecule has 2 heterocycles. The Morgan fingerprint density at radius 2 is 1.65 bits per heavy atom. The predicted octanol–water partition coefficient (Wildman–Crippen LogP) is 1.04. The lowest BCUT2D eigenvalue weighted by Crippen LogP contribution is -2.42. The first-order valence-electron chi connectivity index (χ1n) is 10.4. The number of aryl methyl sites for hydroxylation is 1. The minimum atomic E-state index is -4.09. The molecule has 0 spiro atoms. The molecule has 0 saturated heterocycles. The molecular formula is C22H21N5O6S. The van der Waals surface area contributed by atoms with Crippen molar-refractivity contribution in [2.24, 2.45) is 0 Å². The van der Waals surface area contributed by atoms with Crippen LogP contribution in [-0.4, -0.2) is 46.3 Å². The maximum atomic E-state index is 12.8. The monoisotopic (exact) mass is 483 g/mol. The maximum absolute atomic E-state index is 12.8. The molecule has 3 amide bonds. The predicted molar refractivity (Wildman–Crippen MR) is 122 cm³/mol. The third-order valence-corrected chi connectivity index (χ3v) is 7.35. The zero-order chi connectivity index (χ0) is 24.8. The van der Waals surface area contributed by atoms with Crippen LogP contribution in [0.25, 0.3) is 10.8 Å². The first kappa shape index (κ1) is 23.1.